The van der Waals surface area contributed by atoms with Gasteiger partial charge in [-0.2, -0.15) is 0 Å². The van der Waals surface area contributed by atoms with Gasteiger partial charge in [0.05, 0.1) is 19.3 Å². The molecule has 0 saturated heterocycles. The fourth-order valence-electron chi connectivity index (χ4n) is 2.24. The summed E-state index contributed by atoms with van der Waals surface area (Å²) in [5.74, 6) is 0.561. The minimum absolute atomic E-state index is 0.0630. The van der Waals surface area contributed by atoms with Crippen LogP contribution >= 0.6 is 0 Å². The SMILES string of the molecule is CCNC(CCOCCOC)c1cc2cc(F)ccc2o1. The Kier molecular flexibility index (Phi) is 6.17. The highest BCUT2D eigenvalue weighted by molar-refractivity contribution is 5.78. The van der Waals surface area contributed by atoms with Gasteiger partial charge < -0.3 is 19.2 Å². The summed E-state index contributed by atoms with van der Waals surface area (Å²) in [6.07, 6.45) is 0.792. The van der Waals surface area contributed by atoms with Crippen LogP contribution in [0.15, 0.2) is 28.7 Å². The Hall–Kier alpha value is -1.43. The first kappa shape index (κ1) is 15.9. The number of methoxy groups -OCH3 is 1. The Balaban J connectivity index is 2.01. The van der Waals surface area contributed by atoms with Gasteiger partial charge in [0.2, 0.25) is 0 Å². The van der Waals surface area contributed by atoms with Gasteiger partial charge >= 0.3 is 0 Å². The molecule has 0 amide bonds. The largest absolute Gasteiger partial charge is 0.459 e. The summed E-state index contributed by atoms with van der Waals surface area (Å²) in [6.45, 7) is 4.66. The average Bonchev–Trinajstić information content (AvgIpc) is 2.88. The minimum atomic E-state index is -0.252. The van der Waals surface area contributed by atoms with Crippen molar-refractivity contribution in [2.45, 2.75) is 19.4 Å². The Morgan fingerprint density at radius 3 is 2.86 bits per heavy atom. The summed E-state index contributed by atoms with van der Waals surface area (Å²) in [7, 11) is 1.65. The molecular weight excluding hydrogens is 273 g/mol. The summed E-state index contributed by atoms with van der Waals surface area (Å²) in [6, 6.07) is 6.51. The molecule has 0 aliphatic heterocycles. The molecule has 1 heterocycles. The monoisotopic (exact) mass is 295 g/mol. The van der Waals surface area contributed by atoms with Crippen LogP contribution in [-0.2, 0) is 9.47 Å². The molecule has 1 N–H and O–H groups in total. The summed E-state index contributed by atoms with van der Waals surface area (Å²) in [5.41, 5.74) is 0.703. The van der Waals surface area contributed by atoms with Crippen LogP contribution < -0.4 is 5.32 Å². The van der Waals surface area contributed by atoms with E-state index >= 15 is 0 Å². The van der Waals surface area contributed by atoms with Crippen LogP contribution in [0.5, 0.6) is 0 Å². The lowest BCUT2D eigenvalue weighted by atomic mass is 10.1. The molecule has 0 aliphatic rings. The number of nitrogens with one attached hydrogen (secondary N) is 1. The zero-order chi connectivity index (χ0) is 15.1. The van der Waals surface area contributed by atoms with Gasteiger partial charge in [0, 0.05) is 19.1 Å². The molecule has 2 aromatic rings. The number of benzene rings is 1. The molecular formula is C16H22FNO3. The van der Waals surface area contributed by atoms with Crippen molar-refractivity contribution >= 4 is 11.0 Å². The van der Waals surface area contributed by atoms with E-state index in [1.165, 1.54) is 12.1 Å². The highest BCUT2D eigenvalue weighted by Gasteiger charge is 2.15. The summed E-state index contributed by atoms with van der Waals surface area (Å²) in [5, 5.41) is 4.15. The van der Waals surface area contributed by atoms with Crippen LogP contribution in [0.2, 0.25) is 0 Å². The molecule has 116 valence electrons. The molecule has 1 unspecified atom stereocenters. The second kappa shape index (κ2) is 8.12. The first-order chi connectivity index (χ1) is 10.2. The van der Waals surface area contributed by atoms with Crippen LogP contribution in [0.1, 0.15) is 25.1 Å². The van der Waals surface area contributed by atoms with Gasteiger partial charge in [0.15, 0.2) is 0 Å². The van der Waals surface area contributed by atoms with E-state index in [4.69, 9.17) is 13.9 Å². The quantitative estimate of drug-likeness (QED) is 0.721. The fraction of sp³-hybridized carbons (Fsp3) is 0.500. The van der Waals surface area contributed by atoms with Crippen LogP contribution in [0, 0.1) is 5.82 Å². The maximum atomic E-state index is 13.2. The smallest absolute Gasteiger partial charge is 0.134 e. The van der Waals surface area contributed by atoms with Gasteiger partial charge in [-0.05, 0) is 37.2 Å². The van der Waals surface area contributed by atoms with E-state index in [9.17, 15) is 4.39 Å². The van der Waals surface area contributed by atoms with E-state index in [0.29, 0.717) is 25.4 Å². The number of halogens is 1. The van der Waals surface area contributed by atoms with Crippen molar-refractivity contribution in [3.8, 4) is 0 Å². The average molecular weight is 295 g/mol. The molecule has 0 bridgehead atoms. The van der Waals surface area contributed by atoms with Crippen molar-refractivity contribution in [3.63, 3.8) is 0 Å². The zero-order valence-corrected chi connectivity index (χ0v) is 12.5. The van der Waals surface area contributed by atoms with Crippen molar-refractivity contribution in [2.75, 3.05) is 33.5 Å². The molecule has 21 heavy (non-hydrogen) atoms. The summed E-state index contributed by atoms with van der Waals surface area (Å²) >= 11 is 0. The maximum Gasteiger partial charge on any atom is 0.134 e. The topological polar surface area (TPSA) is 43.6 Å². The standard InChI is InChI=1S/C16H22FNO3/c1-3-18-14(6-7-20-9-8-19-2)16-11-12-10-13(17)4-5-15(12)21-16/h4-5,10-11,14,18H,3,6-9H2,1-2H3. The second-order valence-corrected chi connectivity index (χ2v) is 4.84. The van der Waals surface area contributed by atoms with Gasteiger partial charge in [-0.3, -0.25) is 0 Å². The fourth-order valence-corrected chi connectivity index (χ4v) is 2.24. The number of rotatable bonds is 9. The molecule has 5 heteroatoms. The Morgan fingerprint density at radius 1 is 1.24 bits per heavy atom. The number of hydrogen-bond donors (Lipinski definition) is 1. The molecule has 0 aliphatic carbocycles. The normalized spacial score (nSPS) is 12.9. The van der Waals surface area contributed by atoms with Gasteiger partial charge in [-0.15, -0.1) is 0 Å². The predicted octanol–water partition coefficient (Wildman–Crippen LogP) is 3.28. The molecule has 0 spiro atoms. The van der Waals surface area contributed by atoms with Crippen LogP contribution in [0.3, 0.4) is 0 Å². The predicted molar refractivity (Wildman–Crippen MR) is 79.9 cm³/mol. The highest BCUT2D eigenvalue weighted by atomic mass is 19.1. The Labute approximate surface area is 124 Å². The number of fused-ring (bicyclic) bond motifs is 1. The van der Waals surface area contributed by atoms with Crippen LogP contribution in [0.25, 0.3) is 11.0 Å². The first-order valence-electron chi connectivity index (χ1n) is 7.23. The molecule has 0 radical (unpaired) electrons. The third-order valence-electron chi connectivity index (χ3n) is 3.27. The van der Waals surface area contributed by atoms with E-state index in [-0.39, 0.29) is 11.9 Å². The maximum absolute atomic E-state index is 13.2. The van der Waals surface area contributed by atoms with Crippen LogP contribution in [0.4, 0.5) is 4.39 Å². The zero-order valence-electron chi connectivity index (χ0n) is 12.5. The van der Waals surface area contributed by atoms with Crippen molar-refractivity contribution in [1.82, 2.24) is 5.32 Å². The lowest BCUT2D eigenvalue weighted by molar-refractivity contribution is 0.0650. The minimum Gasteiger partial charge on any atom is -0.459 e. The van der Waals surface area contributed by atoms with Gasteiger partial charge in [-0.25, -0.2) is 4.39 Å². The molecule has 1 aromatic heterocycles. The second-order valence-electron chi connectivity index (χ2n) is 4.84. The molecule has 0 fully saturated rings. The molecule has 4 nitrogen and oxygen atoms in total. The highest BCUT2D eigenvalue weighted by Crippen LogP contribution is 2.26. The molecule has 0 saturated carbocycles. The number of ether oxygens (including phenoxy) is 2. The molecule has 1 atom stereocenters. The lowest BCUT2D eigenvalue weighted by Crippen LogP contribution is -2.22. The first-order valence-corrected chi connectivity index (χ1v) is 7.23. The number of furan rings is 1. The van der Waals surface area contributed by atoms with E-state index in [2.05, 4.69) is 5.32 Å². The summed E-state index contributed by atoms with van der Waals surface area (Å²) < 4.78 is 29.5. The van der Waals surface area contributed by atoms with Gasteiger partial charge in [-0.1, -0.05) is 6.92 Å². The molecule has 2 rings (SSSR count). The van der Waals surface area contributed by atoms with Crippen molar-refractivity contribution in [2.24, 2.45) is 0 Å². The van der Waals surface area contributed by atoms with Crippen LogP contribution in [-0.4, -0.2) is 33.5 Å². The van der Waals surface area contributed by atoms with Gasteiger partial charge in [0.1, 0.15) is 17.2 Å². The molecule has 1 aromatic carbocycles. The van der Waals surface area contributed by atoms with Gasteiger partial charge in [0.25, 0.3) is 0 Å². The Morgan fingerprint density at radius 2 is 2.10 bits per heavy atom. The Bertz CT molecular complexity index is 555. The summed E-state index contributed by atoms with van der Waals surface area (Å²) in [4.78, 5) is 0. The number of hydrogen-bond acceptors (Lipinski definition) is 4. The van der Waals surface area contributed by atoms with E-state index in [1.54, 1.807) is 13.2 Å². The third-order valence-corrected chi connectivity index (χ3v) is 3.27. The van der Waals surface area contributed by atoms with E-state index in [1.807, 2.05) is 13.0 Å². The van der Waals surface area contributed by atoms with E-state index in [0.717, 1.165) is 24.1 Å². The van der Waals surface area contributed by atoms with E-state index < -0.39 is 0 Å². The van der Waals surface area contributed by atoms with Crippen molar-refractivity contribution in [1.29, 1.82) is 0 Å². The third kappa shape index (κ3) is 4.52. The van der Waals surface area contributed by atoms with Crippen molar-refractivity contribution < 1.29 is 18.3 Å². The lowest BCUT2D eigenvalue weighted by Gasteiger charge is -2.15. The van der Waals surface area contributed by atoms with Crippen molar-refractivity contribution in [3.05, 3.63) is 35.8 Å².